The normalized spacial score (nSPS) is 13.2. The van der Waals surface area contributed by atoms with Gasteiger partial charge < -0.3 is 4.74 Å². The van der Waals surface area contributed by atoms with Crippen molar-refractivity contribution in [2.45, 2.75) is 85.0 Å². The summed E-state index contributed by atoms with van der Waals surface area (Å²) in [5, 5.41) is 0. The van der Waals surface area contributed by atoms with Gasteiger partial charge in [0.1, 0.15) is 0 Å². The van der Waals surface area contributed by atoms with Crippen molar-refractivity contribution in [3.8, 4) is 0 Å². The molecule has 0 radical (unpaired) electrons. The van der Waals surface area contributed by atoms with Gasteiger partial charge in [-0.2, -0.15) is 0 Å². The molecule has 182 valence electrons. The highest BCUT2D eigenvalue weighted by Gasteiger charge is 2.42. The maximum absolute atomic E-state index is 13.7. The first-order chi connectivity index (χ1) is 16.3. The Morgan fingerprint density at radius 2 is 1.41 bits per heavy atom. The van der Waals surface area contributed by atoms with Crippen LogP contribution in [-0.2, 0) is 4.74 Å². The molecule has 0 spiro atoms. The second-order valence-corrected chi connectivity index (χ2v) is 9.67. The SMILES string of the molecule is CCCCCCCCOC(=O)c1cccc2c1C(=O)N(c1c(C(C)C)cccc1C(C)C)C2=O. The average molecular weight is 464 g/mol. The monoisotopic (exact) mass is 463 g/mol. The predicted molar refractivity (Wildman–Crippen MR) is 136 cm³/mol. The molecule has 0 aromatic heterocycles. The summed E-state index contributed by atoms with van der Waals surface area (Å²) >= 11 is 0. The Kier molecular flexibility index (Phi) is 8.65. The highest BCUT2D eigenvalue weighted by molar-refractivity contribution is 6.36. The molecule has 0 unspecified atom stereocenters. The third-order valence-corrected chi connectivity index (χ3v) is 6.43. The van der Waals surface area contributed by atoms with E-state index in [4.69, 9.17) is 4.74 Å². The molecule has 3 rings (SSSR count). The van der Waals surface area contributed by atoms with E-state index in [1.807, 2.05) is 45.9 Å². The van der Waals surface area contributed by atoms with Crippen LogP contribution < -0.4 is 4.90 Å². The number of unbranched alkanes of at least 4 members (excludes halogenated alkanes) is 5. The van der Waals surface area contributed by atoms with Gasteiger partial charge in [-0.1, -0.05) is 91.0 Å². The Hall–Kier alpha value is -2.95. The number of carbonyl (C=O) groups excluding carboxylic acids is 3. The fraction of sp³-hybridized carbons (Fsp3) is 0.483. The van der Waals surface area contributed by atoms with Crippen molar-refractivity contribution in [2.24, 2.45) is 0 Å². The molecule has 0 bridgehead atoms. The maximum Gasteiger partial charge on any atom is 0.338 e. The van der Waals surface area contributed by atoms with Gasteiger partial charge in [-0.05, 0) is 41.5 Å². The van der Waals surface area contributed by atoms with Gasteiger partial charge in [0.15, 0.2) is 0 Å². The Morgan fingerprint density at radius 1 is 0.824 bits per heavy atom. The lowest BCUT2D eigenvalue weighted by Gasteiger charge is -2.25. The molecule has 2 aromatic carbocycles. The number of rotatable bonds is 11. The van der Waals surface area contributed by atoms with Crippen LogP contribution in [0.3, 0.4) is 0 Å². The van der Waals surface area contributed by atoms with Gasteiger partial charge in [-0.25, -0.2) is 9.69 Å². The first kappa shape index (κ1) is 25.7. The molecule has 1 heterocycles. The summed E-state index contributed by atoms with van der Waals surface area (Å²) in [6, 6.07) is 10.7. The summed E-state index contributed by atoms with van der Waals surface area (Å²) in [7, 11) is 0. The van der Waals surface area contributed by atoms with Crippen molar-refractivity contribution in [1.82, 2.24) is 0 Å². The van der Waals surface area contributed by atoms with Gasteiger partial charge in [0, 0.05) is 0 Å². The first-order valence-electron chi connectivity index (χ1n) is 12.6. The molecular formula is C29H37NO4. The number of imide groups is 1. The fourth-order valence-corrected chi connectivity index (χ4v) is 4.55. The number of fused-ring (bicyclic) bond motifs is 1. The molecule has 0 fully saturated rings. The van der Waals surface area contributed by atoms with Crippen molar-refractivity contribution in [3.63, 3.8) is 0 Å². The standard InChI is InChI=1S/C29H37NO4/c1-6-7-8-9-10-11-18-34-29(33)24-17-13-16-23-25(24)28(32)30(27(23)31)26-21(19(2)3)14-12-15-22(26)20(4)5/h12-17,19-20H,6-11,18H2,1-5H3. The van der Waals surface area contributed by atoms with Crippen LogP contribution in [0.25, 0.3) is 0 Å². The number of esters is 1. The van der Waals surface area contributed by atoms with Crippen LogP contribution in [0, 0.1) is 0 Å². The zero-order valence-corrected chi connectivity index (χ0v) is 21.1. The molecule has 2 aromatic rings. The topological polar surface area (TPSA) is 63.7 Å². The summed E-state index contributed by atoms with van der Waals surface area (Å²) in [4.78, 5) is 41.3. The van der Waals surface area contributed by atoms with Crippen LogP contribution in [-0.4, -0.2) is 24.4 Å². The number of anilines is 1. The largest absolute Gasteiger partial charge is 0.462 e. The van der Waals surface area contributed by atoms with Crippen LogP contribution >= 0.6 is 0 Å². The third kappa shape index (κ3) is 5.24. The van der Waals surface area contributed by atoms with Gasteiger partial charge in [-0.3, -0.25) is 9.59 Å². The van der Waals surface area contributed by atoms with Crippen molar-refractivity contribution >= 4 is 23.5 Å². The maximum atomic E-state index is 13.7. The van der Waals surface area contributed by atoms with Gasteiger partial charge in [0.2, 0.25) is 0 Å². The van der Waals surface area contributed by atoms with E-state index in [0.717, 1.165) is 30.4 Å². The Morgan fingerprint density at radius 3 is 2.03 bits per heavy atom. The van der Waals surface area contributed by atoms with Crippen molar-refractivity contribution in [3.05, 3.63) is 64.2 Å². The van der Waals surface area contributed by atoms with Crippen LogP contribution in [0.4, 0.5) is 5.69 Å². The number of carbonyl (C=O) groups is 3. The number of amides is 2. The first-order valence-corrected chi connectivity index (χ1v) is 12.6. The van der Waals surface area contributed by atoms with E-state index in [0.29, 0.717) is 12.3 Å². The summed E-state index contributed by atoms with van der Waals surface area (Å²) in [6.07, 6.45) is 6.54. The molecule has 0 aliphatic carbocycles. The quantitative estimate of drug-likeness (QED) is 0.200. The summed E-state index contributed by atoms with van der Waals surface area (Å²) < 4.78 is 5.49. The van der Waals surface area contributed by atoms with Crippen LogP contribution in [0.15, 0.2) is 36.4 Å². The van der Waals surface area contributed by atoms with Gasteiger partial charge in [0.05, 0.1) is 29.0 Å². The average Bonchev–Trinajstić information content (AvgIpc) is 3.07. The smallest absolute Gasteiger partial charge is 0.338 e. The molecule has 34 heavy (non-hydrogen) atoms. The number of ether oxygens (including phenoxy) is 1. The van der Waals surface area contributed by atoms with Gasteiger partial charge in [0.25, 0.3) is 11.8 Å². The van der Waals surface area contributed by atoms with Crippen molar-refractivity contribution in [1.29, 1.82) is 0 Å². The number of para-hydroxylation sites is 1. The number of hydrogen-bond donors (Lipinski definition) is 0. The molecule has 0 N–H and O–H groups in total. The van der Waals surface area contributed by atoms with E-state index in [1.165, 1.54) is 24.2 Å². The molecule has 0 saturated carbocycles. The lowest BCUT2D eigenvalue weighted by Crippen LogP contribution is -2.32. The lowest BCUT2D eigenvalue weighted by atomic mass is 9.92. The Balaban J connectivity index is 1.87. The zero-order chi connectivity index (χ0) is 24.8. The van der Waals surface area contributed by atoms with E-state index in [2.05, 4.69) is 6.92 Å². The summed E-state index contributed by atoms with van der Waals surface area (Å²) in [6.45, 7) is 10.7. The van der Waals surface area contributed by atoms with E-state index < -0.39 is 11.9 Å². The van der Waals surface area contributed by atoms with Crippen molar-refractivity contribution in [2.75, 3.05) is 11.5 Å². The highest BCUT2D eigenvalue weighted by atomic mass is 16.5. The molecule has 1 aliphatic heterocycles. The third-order valence-electron chi connectivity index (χ3n) is 6.43. The zero-order valence-electron chi connectivity index (χ0n) is 21.1. The molecule has 5 nitrogen and oxygen atoms in total. The number of benzene rings is 2. The molecule has 5 heteroatoms. The summed E-state index contributed by atoms with van der Waals surface area (Å²) in [5.41, 5.74) is 3.09. The Bertz CT molecular complexity index is 1030. The van der Waals surface area contributed by atoms with E-state index in [9.17, 15) is 14.4 Å². The van der Waals surface area contributed by atoms with E-state index in [1.54, 1.807) is 18.2 Å². The molecule has 2 amide bonds. The van der Waals surface area contributed by atoms with Crippen LogP contribution in [0.1, 0.15) is 127 Å². The fourth-order valence-electron chi connectivity index (χ4n) is 4.55. The van der Waals surface area contributed by atoms with Gasteiger partial charge in [-0.15, -0.1) is 0 Å². The lowest BCUT2D eigenvalue weighted by molar-refractivity contribution is 0.0494. The molecular weight excluding hydrogens is 426 g/mol. The van der Waals surface area contributed by atoms with E-state index >= 15 is 0 Å². The van der Waals surface area contributed by atoms with Crippen LogP contribution in [0.2, 0.25) is 0 Å². The molecule has 1 aliphatic rings. The molecule has 0 atom stereocenters. The summed E-state index contributed by atoms with van der Waals surface area (Å²) in [5.74, 6) is -1.14. The molecule has 0 saturated heterocycles. The number of nitrogens with zero attached hydrogens (tertiary/aromatic N) is 1. The minimum atomic E-state index is -0.547. The van der Waals surface area contributed by atoms with Crippen molar-refractivity contribution < 1.29 is 19.1 Å². The predicted octanol–water partition coefficient (Wildman–Crippen LogP) is 7.25. The number of hydrogen-bond acceptors (Lipinski definition) is 4. The second kappa shape index (κ2) is 11.5. The Labute approximate surface area is 203 Å². The van der Waals surface area contributed by atoms with Gasteiger partial charge >= 0.3 is 5.97 Å². The highest BCUT2D eigenvalue weighted by Crippen LogP contribution is 2.40. The second-order valence-electron chi connectivity index (χ2n) is 9.67. The minimum Gasteiger partial charge on any atom is -0.462 e. The minimum absolute atomic E-state index is 0.125. The van der Waals surface area contributed by atoms with Crippen LogP contribution in [0.5, 0.6) is 0 Å². The van der Waals surface area contributed by atoms with E-state index in [-0.39, 0.29) is 34.4 Å².